The minimum absolute atomic E-state index is 0.00204. The first-order valence-electron chi connectivity index (χ1n) is 19.7. The fraction of sp³-hybridized carbons (Fsp3) is 0.923. The van der Waals surface area contributed by atoms with E-state index in [1.54, 1.807) is 5.57 Å². The summed E-state index contributed by atoms with van der Waals surface area (Å²) in [5, 5.41) is 10.5. The zero-order chi connectivity index (χ0) is 33.2. The van der Waals surface area contributed by atoms with Gasteiger partial charge in [0, 0.05) is 64.6 Å². The second kappa shape index (κ2) is 15.4. The Morgan fingerprint density at radius 3 is 2.57 bits per heavy atom. The van der Waals surface area contributed by atoms with Crippen LogP contribution < -0.4 is 16.0 Å². The quantitative estimate of drug-likeness (QED) is 0.157. The molecule has 6 rings (SSSR count). The molecule has 3 N–H and O–H groups in total. The van der Waals surface area contributed by atoms with Gasteiger partial charge < -0.3 is 35.1 Å². The maximum Gasteiger partial charge on any atom is 0.410 e. The average Bonchev–Trinajstić information content (AvgIpc) is 3.53. The lowest BCUT2D eigenvalue weighted by atomic mass is 9.51. The molecule has 0 aromatic rings. The van der Waals surface area contributed by atoms with Crippen LogP contribution in [0, 0.1) is 46.8 Å². The molecule has 2 aliphatic heterocycles. The van der Waals surface area contributed by atoms with E-state index in [0.29, 0.717) is 54.3 Å². The Morgan fingerprint density at radius 1 is 1.00 bits per heavy atom. The summed E-state index contributed by atoms with van der Waals surface area (Å²) < 4.78 is 19.6. The minimum atomic E-state index is -0.288. The first-order valence-corrected chi connectivity index (χ1v) is 19.7. The molecule has 5 fully saturated rings. The van der Waals surface area contributed by atoms with Crippen molar-refractivity contribution >= 4 is 6.09 Å². The summed E-state index contributed by atoms with van der Waals surface area (Å²) in [6.45, 7) is 20.3. The van der Waals surface area contributed by atoms with Gasteiger partial charge in [-0.3, -0.25) is 0 Å². The van der Waals surface area contributed by atoms with Gasteiger partial charge in [0.15, 0.2) is 5.79 Å². The molecule has 0 bridgehead atoms. The highest BCUT2D eigenvalue weighted by molar-refractivity contribution is 5.68. The van der Waals surface area contributed by atoms with Crippen molar-refractivity contribution in [1.82, 2.24) is 20.9 Å². The third kappa shape index (κ3) is 8.08. The molecule has 0 unspecified atom stereocenters. The second-order valence-corrected chi connectivity index (χ2v) is 17.4. The minimum Gasteiger partial charge on any atom is -0.446 e. The van der Waals surface area contributed by atoms with Crippen molar-refractivity contribution in [3.63, 3.8) is 0 Å². The SMILES string of the molecule is CC(C)CNCCNCCN(CCNC(C)C)C(=O)O[C@H]1CC[C@H]2C(=CC[C@@H]3[C@@H]2CC[C@@]2(C)[C@H]3C[C@@H]3O[C@]4(CC[C@@H](C)CO4)C[C@@H]32)C1. The van der Waals surface area contributed by atoms with Crippen LogP contribution >= 0.6 is 0 Å². The van der Waals surface area contributed by atoms with Crippen LogP contribution in [0.4, 0.5) is 4.79 Å². The molecule has 0 aromatic heterocycles. The molecule has 8 heteroatoms. The van der Waals surface area contributed by atoms with Gasteiger partial charge in [0.1, 0.15) is 6.10 Å². The van der Waals surface area contributed by atoms with Gasteiger partial charge in [-0.05, 0) is 98.3 Å². The van der Waals surface area contributed by atoms with Crippen molar-refractivity contribution in [3.05, 3.63) is 11.6 Å². The van der Waals surface area contributed by atoms with Crippen LogP contribution in [0.15, 0.2) is 11.6 Å². The fourth-order valence-corrected chi connectivity index (χ4v) is 10.7. The predicted molar refractivity (Wildman–Crippen MR) is 188 cm³/mol. The van der Waals surface area contributed by atoms with Gasteiger partial charge in [-0.25, -0.2) is 4.79 Å². The van der Waals surface area contributed by atoms with E-state index in [-0.39, 0.29) is 18.0 Å². The molecule has 1 spiro atoms. The summed E-state index contributed by atoms with van der Waals surface area (Å²) in [5.74, 6) is 4.66. The number of hydrogen-bond acceptors (Lipinski definition) is 7. The van der Waals surface area contributed by atoms with Crippen LogP contribution in [0.2, 0.25) is 0 Å². The summed E-state index contributed by atoms with van der Waals surface area (Å²) in [4.78, 5) is 15.4. The number of amides is 1. The van der Waals surface area contributed by atoms with Crippen LogP contribution in [-0.2, 0) is 14.2 Å². The number of hydrogen-bond donors (Lipinski definition) is 3. The Labute approximate surface area is 286 Å². The van der Waals surface area contributed by atoms with Crippen molar-refractivity contribution in [3.8, 4) is 0 Å². The topological polar surface area (TPSA) is 84.1 Å². The molecule has 0 radical (unpaired) electrons. The van der Waals surface area contributed by atoms with Crippen LogP contribution in [0.3, 0.4) is 0 Å². The largest absolute Gasteiger partial charge is 0.446 e. The van der Waals surface area contributed by atoms with Crippen molar-refractivity contribution in [2.75, 3.05) is 52.4 Å². The van der Waals surface area contributed by atoms with Gasteiger partial charge in [0.2, 0.25) is 0 Å². The lowest BCUT2D eigenvalue weighted by Gasteiger charge is -2.54. The smallest absolute Gasteiger partial charge is 0.410 e. The van der Waals surface area contributed by atoms with E-state index in [1.165, 1.54) is 32.1 Å². The summed E-state index contributed by atoms with van der Waals surface area (Å²) in [5.41, 5.74) is 1.97. The van der Waals surface area contributed by atoms with Crippen molar-refractivity contribution in [1.29, 1.82) is 0 Å². The zero-order valence-corrected chi connectivity index (χ0v) is 30.7. The van der Waals surface area contributed by atoms with E-state index in [0.717, 1.165) is 89.2 Å². The molecule has 2 saturated heterocycles. The number of nitrogens with one attached hydrogen (secondary N) is 3. The van der Waals surface area contributed by atoms with Gasteiger partial charge in [-0.15, -0.1) is 0 Å². The third-order valence-electron chi connectivity index (χ3n) is 13.2. The first-order chi connectivity index (χ1) is 22.6. The standard InChI is InChI=1S/C39H68N4O4/c1-26(2)24-41-16-15-40-17-19-43(20-18-42-27(3)4)37(44)46-30-8-10-31-29(21-30)7-9-33-32(31)12-13-38(6)34(33)22-36-35(38)23-39(47-36)14-11-28(5)25-45-39/h7,26-28,30-36,40-42H,8-25H2,1-6H3/t28-,30+,31+,32-,33-,34+,35+,36+,38+,39-/m1/s1. The van der Waals surface area contributed by atoms with Gasteiger partial charge in [0.05, 0.1) is 12.7 Å². The number of ether oxygens (including phenoxy) is 3. The molecule has 0 aromatic carbocycles. The van der Waals surface area contributed by atoms with Crippen molar-refractivity contribution in [2.45, 2.75) is 130 Å². The van der Waals surface area contributed by atoms with Crippen molar-refractivity contribution in [2.24, 2.45) is 46.8 Å². The Bertz CT molecular complexity index is 1070. The van der Waals surface area contributed by atoms with Crippen LogP contribution in [0.25, 0.3) is 0 Å². The molecule has 6 aliphatic rings. The van der Waals surface area contributed by atoms with E-state index in [9.17, 15) is 4.79 Å². The number of nitrogens with zero attached hydrogens (tertiary/aromatic N) is 1. The zero-order valence-electron chi connectivity index (χ0n) is 30.7. The number of carbonyl (C=O) groups is 1. The summed E-state index contributed by atoms with van der Waals surface area (Å²) in [7, 11) is 0. The monoisotopic (exact) mass is 657 g/mol. The molecule has 10 atom stereocenters. The van der Waals surface area contributed by atoms with Crippen molar-refractivity contribution < 1.29 is 19.0 Å². The second-order valence-electron chi connectivity index (χ2n) is 17.4. The highest BCUT2D eigenvalue weighted by Crippen LogP contribution is 2.67. The number of rotatable bonds is 13. The lowest BCUT2D eigenvalue weighted by molar-refractivity contribution is -0.255. The van der Waals surface area contributed by atoms with E-state index in [1.807, 2.05) is 4.90 Å². The molecule has 1 amide bonds. The molecular formula is C39H68N4O4. The van der Waals surface area contributed by atoms with E-state index >= 15 is 0 Å². The van der Waals surface area contributed by atoms with Gasteiger partial charge in [-0.1, -0.05) is 53.2 Å². The summed E-state index contributed by atoms with van der Waals surface area (Å²) in [6.07, 6.45) is 14.4. The highest BCUT2D eigenvalue weighted by atomic mass is 16.7. The van der Waals surface area contributed by atoms with Crippen LogP contribution in [0.5, 0.6) is 0 Å². The Kier molecular flexibility index (Phi) is 11.6. The van der Waals surface area contributed by atoms with Gasteiger partial charge in [0.25, 0.3) is 0 Å². The number of fused-ring (bicyclic) bond motifs is 7. The van der Waals surface area contributed by atoms with Crippen LogP contribution in [0.1, 0.15) is 106 Å². The Balaban J connectivity index is 1.01. The Morgan fingerprint density at radius 2 is 1.81 bits per heavy atom. The molecule has 47 heavy (non-hydrogen) atoms. The average molecular weight is 657 g/mol. The van der Waals surface area contributed by atoms with Gasteiger partial charge >= 0.3 is 6.09 Å². The molecule has 4 aliphatic carbocycles. The van der Waals surface area contributed by atoms with Crippen LogP contribution in [-0.4, -0.2) is 87.5 Å². The maximum absolute atomic E-state index is 13.5. The van der Waals surface area contributed by atoms with Gasteiger partial charge in [-0.2, -0.15) is 0 Å². The predicted octanol–water partition coefficient (Wildman–Crippen LogP) is 6.36. The molecule has 8 nitrogen and oxygen atoms in total. The highest BCUT2D eigenvalue weighted by Gasteiger charge is 2.65. The number of carbonyl (C=O) groups excluding carboxylic acids is 1. The molecule has 2 heterocycles. The van der Waals surface area contributed by atoms with E-state index in [2.05, 4.69) is 63.6 Å². The maximum atomic E-state index is 13.5. The summed E-state index contributed by atoms with van der Waals surface area (Å²) >= 11 is 0. The summed E-state index contributed by atoms with van der Waals surface area (Å²) in [6, 6.07) is 0.399. The molecule has 3 saturated carbocycles. The van der Waals surface area contributed by atoms with E-state index < -0.39 is 0 Å². The Hall–Kier alpha value is -1.19. The fourth-order valence-electron chi connectivity index (χ4n) is 10.7. The lowest BCUT2D eigenvalue weighted by Crippen LogP contribution is -2.48. The normalized spacial score (nSPS) is 39.4. The first kappa shape index (κ1) is 35.6. The van der Waals surface area contributed by atoms with E-state index in [4.69, 9.17) is 14.2 Å². The third-order valence-corrected chi connectivity index (χ3v) is 13.2. The number of allylic oxidation sites excluding steroid dienone is 1. The molecular weight excluding hydrogens is 588 g/mol. The molecule has 268 valence electrons.